The molecule has 0 spiro atoms. The predicted octanol–water partition coefficient (Wildman–Crippen LogP) is 4.73. The Morgan fingerprint density at radius 3 is 2.13 bits per heavy atom. The summed E-state index contributed by atoms with van der Waals surface area (Å²) in [6.45, 7) is 4.94. The lowest BCUT2D eigenvalue weighted by Gasteiger charge is -2.27. The van der Waals surface area contributed by atoms with Crippen LogP contribution in [0.5, 0.6) is 17.2 Å². The topological polar surface area (TPSA) is 78.9 Å². The molecule has 3 rings (SSSR count). The van der Waals surface area contributed by atoms with E-state index in [1.807, 2.05) is 0 Å². The fourth-order valence-electron chi connectivity index (χ4n) is 3.02. The van der Waals surface area contributed by atoms with Gasteiger partial charge in [-0.15, -0.1) is 0 Å². The van der Waals surface area contributed by atoms with Gasteiger partial charge in [-0.2, -0.15) is 21.6 Å². The van der Waals surface area contributed by atoms with Gasteiger partial charge < -0.3 is 18.2 Å². The number of methoxy groups -OCH3 is 1. The maximum absolute atomic E-state index is 13.8. The third-order valence-corrected chi connectivity index (χ3v) is 9.59. The van der Waals surface area contributed by atoms with Gasteiger partial charge in [0.1, 0.15) is 23.2 Å². The minimum atomic E-state index is -5.95. The van der Waals surface area contributed by atoms with Crippen LogP contribution in [-0.2, 0) is 14.7 Å². The molecule has 0 saturated carbocycles. The van der Waals surface area contributed by atoms with Crippen molar-refractivity contribution in [1.29, 1.82) is 0 Å². The highest BCUT2D eigenvalue weighted by molar-refractivity contribution is 7.88. The van der Waals surface area contributed by atoms with E-state index in [4.69, 9.17) is 9.47 Å². The molecule has 11 heteroatoms. The van der Waals surface area contributed by atoms with Gasteiger partial charge >= 0.3 is 15.6 Å². The summed E-state index contributed by atoms with van der Waals surface area (Å²) in [5.41, 5.74) is -4.55. The van der Waals surface area contributed by atoms with Crippen LogP contribution < -0.4 is 19.0 Å². The number of halogens is 3. The first-order valence-corrected chi connectivity index (χ1v) is 12.1. The van der Waals surface area contributed by atoms with Crippen molar-refractivity contribution < 1.29 is 39.8 Å². The maximum Gasteiger partial charge on any atom is 0.534 e. The molecule has 0 radical (unpaired) electrons. The van der Waals surface area contributed by atoms with Crippen LogP contribution in [0.1, 0.15) is 20.8 Å². The Morgan fingerprint density at radius 2 is 1.63 bits per heavy atom. The van der Waals surface area contributed by atoms with Gasteiger partial charge in [-0.25, -0.2) is 0 Å². The summed E-state index contributed by atoms with van der Waals surface area (Å²) in [5, 5.41) is -1.05. The van der Waals surface area contributed by atoms with E-state index < -0.39 is 33.7 Å². The lowest BCUT2D eigenvalue weighted by atomic mass is 10.0. The second kappa shape index (κ2) is 7.20. The Balaban J connectivity index is 2.24. The van der Waals surface area contributed by atoms with Gasteiger partial charge in [-0.1, -0.05) is 32.9 Å². The number of alkyl halides is 3. The number of benzene rings is 2. The van der Waals surface area contributed by atoms with Crippen LogP contribution in [0.4, 0.5) is 13.2 Å². The van der Waals surface area contributed by atoms with E-state index in [1.165, 1.54) is 13.2 Å². The van der Waals surface area contributed by atoms with Gasteiger partial charge in [-0.3, -0.25) is 0 Å². The van der Waals surface area contributed by atoms with E-state index in [2.05, 4.69) is 4.18 Å². The van der Waals surface area contributed by atoms with E-state index in [0.29, 0.717) is 16.9 Å². The van der Waals surface area contributed by atoms with Crippen molar-refractivity contribution in [3.8, 4) is 28.4 Å². The van der Waals surface area contributed by atoms with Gasteiger partial charge in [0.15, 0.2) is 12.9 Å². The Labute approximate surface area is 172 Å². The van der Waals surface area contributed by atoms with Crippen LogP contribution in [-0.4, -0.2) is 32.5 Å². The van der Waals surface area contributed by atoms with Crippen molar-refractivity contribution in [2.75, 3.05) is 13.5 Å². The number of rotatable bonds is 4. The van der Waals surface area contributed by atoms with E-state index in [9.17, 15) is 26.2 Å². The summed E-state index contributed by atoms with van der Waals surface area (Å²) < 4.78 is 90.9. The average molecular weight is 464 g/mol. The number of ether oxygens (including phenoxy) is 2. The maximum atomic E-state index is 13.8. The zero-order valence-corrected chi connectivity index (χ0v) is 18.3. The summed E-state index contributed by atoms with van der Waals surface area (Å²) in [6, 6.07) is 9.21. The van der Waals surface area contributed by atoms with Crippen LogP contribution in [0.25, 0.3) is 11.1 Å². The highest BCUT2D eigenvalue weighted by atomic mass is 32.2. The van der Waals surface area contributed by atoms with E-state index in [0.717, 1.165) is 6.07 Å². The Hall–Kier alpha value is -2.19. The van der Waals surface area contributed by atoms with Gasteiger partial charge in [-0.05, 0) is 29.8 Å². The van der Waals surface area contributed by atoms with Gasteiger partial charge in [0.2, 0.25) is 0 Å². The number of hydrogen-bond donors (Lipinski definition) is 0. The first-order chi connectivity index (χ1) is 13.7. The van der Waals surface area contributed by atoms with Crippen molar-refractivity contribution in [2.45, 2.75) is 31.4 Å². The third-order valence-electron chi connectivity index (χ3n) is 4.81. The van der Waals surface area contributed by atoms with E-state index in [1.54, 1.807) is 45.0 Å². The first-order valence-electron chi connectivity index (χ1n) is 8.76. The van der Waals surface area contributed by atoms with Crippen LogP contribution in [0.3, 0.4) is 0 Å². The second-order valence-corrected chi connectivity index (χ2v) is 12.7. The quantitative estimate of drug-likeness (QED) is 0.370. The molecule has 0 aromatic heterocycles. The fourth-order valence-corrected chi connectivity index (χ4v) is 6.04. The number of fused-ring (bicyclic) bond motifs is 1. The molecule has 0 bridgehead atoms. The van der Waals surface area contributed by atoms with Gasteiger partial charge in [0.05, 0.1) is 7.11 Å². The zero-order chi connectivity index (χ0) is 22.5. The molecule has 0 aliphatic carbocycles. The van der Waals surface area contributed by atoms with Crippen molar-refractivity contribution in [2.24, 2.45) is 0 Å². The molecule has 0 N–H and O–H groups in total. The van der Waals surface area contributed by atoms with Crippen LogP contribution >= 0.6 is 7.14 Å². The van der Waals surface area contributed by atoms with E-state index >= 15 is 0 Å². The normalized spacial score (nSPS) is 19.2. The average Bonchev–Trinajstić information content (AvgIpc) is 3.00. The molecule has 1 atom stereocenters. The second-order valence-electron chi connectivity index (χ2n) is 7.68. The summed E-state index contributed by atoms with van der Waals surface area (Å²) in [7, 11) is -7.93. The molecule has 1 heterocycles. The largest absolute Gasteiger partial charge is 0.534 e. The Kier molecular flexibility index (Phi) is 5.40. The summed E-state index contributed by atoms with van der Waals surface area (Å²) >= 11 is 0. The standard InChI is InChI=1S/C19H20F3O6PS/c1-18(2,3)29(23)11-27-16-14(12-5-7-13(26-4)8-6-12)9-10-15(17(16)29)28-30(24,25)19(20,21)22/h5-10H,11H2,1-4H3/t29-/m1/s1. The highest BCUT2D eigenvalue weighted by Gasteiger charge is 2.52. The molecule has 0 amide bonds. The smallest absolute Gasteiger partial charge is 0.497 e. The lowest BCUT2D eigenvalue weighted by Crippen LogP contribution is -2.30. The minimum absolute atomic E-state index is 0.0494. The molecule has 0 saturated heterocycles. The number of hydrogen-bond acceptors (Lipinski definition) is 6. The minimum Gasteiger partial charge on any atom is -0.497 e. The van der Waals surface area contributed by atoms with Gasteiger partial charge in [0, 0.05) is 10.7 Å². The lowest BCUT2D eigenvalue weighted by molar-refractivity contribution is -0.0499. The highest BCUT2D eigenvalue weighted by Crippen LogP contribution is 2.64. The fraction of sp³-hybridized carbons (Fsp3) is 0.368. The molecular formula is C19H20F3O6PS. The molecule has 0 unspecified atom stereocenters. The zero-order valence-electron chi connectivity index (χ0n) is 16.6. The van der Waals surface area contributed by atoms with Gasteiger partial charge in [0.25, 0.3) is 0 Å². The Morgan fingerprint density at radius 1 is 1.03 bits per heavy atom. The van der Waals surface area contributed by atoms with Crippen molar-refractivity contribution >= 4 is 22.6 Å². The molecule has 164 valence electrons. The SMILES string of the molecule is COc1ccc(-c2ccc(OS(=O)(=O)C(F)(F)F)c3c2OC[P@]3(=O)C(C)(C)C)cc1. The summed E-state index contributed by atoms with van der Waals surface area (Å²) in [6.07, 6.45) is -0.276. The Bertz CT molecular complexity index is 1120. The monoisotopic (exact) mass is 464 g/mol. The van der Waals surface area contributed by atoms with Crippen molar-refractivity contribution in [3.63, 3.8) is 0 Å². The molecule has 30 heavy (non-hydrogen) atoms. The molecule has 2 aromatic carbocycles. The summed E-state index contributed by atoms with van der Waals surface area (Å²) in [4.78, 5) is 0. The molecule has 1 aliphatic rings. The first kappa shape index (κ1) is 22.5. The van der Waals surface area contributed by atoms with Crippen LogP contribution in [0.15, 0.2) is 36.4 Å². The molecule has 2 aromatic rings. The molecule has 1 aliphatic heterocycles. The predicted molar refractivity (Wildman–Crippen MR) is 107 cm³/mol. The van der Waals surface area contributed by atoms with Crippen molar-refractivity contribution in [1.82, 2.24) is 0 Å². The van der Waals surface area contributed by atoms with Crippen LogP contribution in [0, 0.1) is 0 Å². The van der Waals surface area contributed by atoms with Crippen LogP contribution in [0.2, 0.25) is 0 Å². The summed E-state index contributed by atoms with van der Waals surface area (Å²) in [5.74, 6) is -0.00320. The molecule has 6 nitrogen and oxygen atoms in total. The molecule has 0 fully saturated rings. The van der Waals surface area contributed by atoms with E-state index in [-0.39, 0.29) is 17.4 Å². The third kappa shape index (κ3) is 3.67. The molecular weight excluding hydrogens is 444 g/mol. The van der Waals surface area contributed by atoms with Crippen molar-refractivity contribution in [3.05, 3.63) is 36.4 Å².